The lowest BCUT2D eigenvalue weighted by molar-refractivity contribution is -0.139. The van der Waals surface area contributed by atoms with Crippen LogP contribution in [0.4, 0.5) is 0 Å². The third kappa shape index (κ3) is 3.79. The first-order valence-corrected chi connectivity index (χ1v) is 4.99. The maximum atomic E-state index is 11.1. The van der Waals surface area contributed by atoms with Gasteiger partial charge < -0.3 is 14.2 Å². The van der Waals surface area contributed by atoms with Crippen molar-refractivity contribution < 1.29 is 23.8 Å². The molecule has 0 fully saturated rings. The Morgan fingerprint density at radius 2 is 1.88 bits per heavy atom. The number of rotatable bonds is 4. The van der Waals surface area contributed by atoms with E-state index in [2.05, 4.69) is 4.74 Å². The van der Waals surface area contributed by atoms with Gasteiger partial charge in [0.2, 0.25) is 0 Å². The van der Waals surface area contributed by atoms with Crippen molar-refractivity contribution in [1.82, 2.24) is 0 Å². The monoisotopic (exact) mass is 238 g/mol. The van der Waals surface area contributed by atoms with Gasteiger partial charge in [-0.05, 0) is 17.7 Å². The first-order valence-electron chi connectivity index (χ1n) is 4.99. The molecule has 1 aromatic rings. The number of hydrogen-bond acceptors (Lipinski definition) is 5. The molecule has 0 atom stereocenters. The summed E-state index contributed by atoms with van der Waals surface area (Å²) in [6.45, 7) is 1.31. The summed E-state index contributed by atoms with van der Waals surface area (Å²) in [7, 11) is 2.79. The van der Waals surface area contributed by atoms with Crippen LogP contribution < -0.4 is 9.47 Å². The molecule has 5 heteroatoms. The molecule has 0 amide bonds. The van der Waals surface area contributed by atoms with Crippen molar-refractivity contribution in [2.45, 2.75) is 13.3 Å². The standard InChI is InChI=1S/C12H14O5/c1-8(13)17-10-5-4-9(6-11(10)15-2)7-12(14)16-3/h4-6H,7H2,1-3H3. The van der Waals surface area contributed by atoms with E-state index in [1.54, 1.807) is 18.2 Å². The van der Waals surface area contributed by atoms with Crippen LogP contribution in [0.3, 0.4) is 0 Å². The molecule has 0 saturated heterocycles. The molecular weight excluding hydrogens is 224 g/mol. The molecule has 0 spiro atoms. The van der Waals surface area contributed by atoms with Gasteiger partial charge in [-0.15, -0.1) is 0 Å². The lowest BCUT2D eigenvalue weighted by atomic mass is 10.1. The van der Waals surface area contributed by atoms with Crippen LogP contribution in [0, 0.1) is 0 Å². The van der Waals surface area contributed by atoms with Gasteiger partial charge in [0.15, 0.2) is 11.5 Å². The zero-order chi connectivity index (χ0) is 12.8. The summed E-state index contributed by atoms with van der Waals surface area (Å²) >= 11 is 0. The zero-order valence-corrected chi connectivity index (χ0v) is 9.98. The summed E-state index contributed by atoms with van der Waals surface area (Å²) in [4.78, 5) is 21.9. The van der Waals surface area contributed by atoms with Crippen LogP contribution in [0.1, 0.15) is 12.5 Å². The summed E-state index contributed by atoms with van der Waals surface area (Å²) in [5.41, 5.74) is 0.726. The highest BCUT2D eigenvalue weighted by Gasteiger charge is 2.10. The van der Waals surface area contributed by atoms with E-state index in [1.165, 1.54) is 21.1 Å². The molecule has 92 valence electrons. The minimum absolute atomic E-state index is 0.146. The molecule has 1 rings (SSSR count). The van der Waals surface area contributed by atoms with Crippen molar-refractivity contribution in [2.75, 3.05) is 14.2 Å². The Kier molecular flexibility index (Phi) is 4.51. The quantitative estimate of drug-likeness (QED) is 0.585. The number of benzene rings is 1. The van der Waals surface area contributed by atoms with Crippen molar-refractivity contribution in [1.29, 1.82) is 0 Å². The molecule has 0 saturated carbocycles. The van der Waals surface area contributed by atoms with Crippen molar-refractivity contribution in [3.63, 3.8) is 0 Å². The van der Waals surface area contributed by atoms with Crippen LogP contribution in [0.2, 0.25) is 0 Å². The molecule has 0 radical (unpaired) electrons. The smallest absolute Gasteiger partial charge is 0.309 e. The zero-order valence-electron chi connectivity index (χ0n) is 9.98. The minimum atomic E-state index is -0.427. The number of methoxy groups -OCH3 is 2. The number of ether oxygens (including phenoxy) is 3. The topological polar surface area (TPSA) is 61.8 Å². The average molecular weight is 238 g/mol. The van der Waals surface area contributed by atoms with E-state index in [0.717, 1.165) is 5.56 Å². The second kappa shape index (κ2) is 5.89. The van der Waals surface area contributed by atoms with Crippen molar-refractivity contribution in [2.24, 2.45) is 0 Å². The number of carbonyl (C=O) groups excluding carboxylic acids is 2. The Labute approximate surface area is 99.3 Å². The number of carbonyl (C=O) groups is 2. The third-order valence-corrected chi connectivity index (χ3v) is 2.06. The van der Waals surface area contributed by atoms with Gasteiger partial charge in [-0.3, -0.25) is 9.59 Å². The van der Waals surface area contributed by atoms with Gasteiger partial charge in [-0.25, -0.2) is 0 Å². The average Bonchev–Trinajstić information content (AvgIpc) is 2.30. The van der Waals surface area contributed by atoms with E-state index in [4.69, 9.17) is 9.47 Å². The largest absolute Gasteiger partial charge is 0.493 e. The van der Waals surface area contributed by atoms with Crippen molar-refractivity contribution in [3.05, 3.63) is 23.8 Å². The van der Waals surface area contributed by atoms with Gasteiger partial charge in [0.25, 0.3) is 0 Å². The fourth-order valence-corrected chi connectivity index (χ4v) is 1.30. The SMILES string of the molecule is COC(=O)Cc1ccc(OC(C)=O)c(OC)c1. The second-order valence-electron chi connectivity index (χ2n) is 3.33. The van der Waals surface area contributed by atoms with Crippen LogP contribution >= 0.6 is 0 Å². The maximum absolute atomic E-state index is 11.1. The van der Waals surface area contributed by atoms with Gasteiger partial charge in [-0.1, -0.05) is 6.07 Å². The van der Waals surface area contributed by atoms with E-state index in [-0.39, 0.29) is 12.4 Å². The number of esters is 2. The fourth-order valence-electron chi connectivity index (χ4n) is 1.30. The van der Waals surface area contributed by atoms with Crippen molar-refractivity contribution >= 4 is 11.9 Å². The summed E-state index contributed by atoms with van der Waals surface area (Å²) in [6.07, 6.45) is 0.146. The lowest BCUT2D eigenvalue weighted by Gasteiger charge is -2.09. The highest BCUT2D eigenvalue weighted by atomic mass is 16.6. The maximum Gasteiger partial charge on any atom is 0.309 e. The molecular formula is C12H14O5. The molecule has 0 aliphatic heterocycles. The molecule has 1 aromatic carbocycles. The third-order valence-electron chi connectivity index (χ3n) is 2.06. The molecule has 5 nitrogen and oxygen atoms in total. The first kappa shape index (κ1) is 13.0. The molecule has 0 aliphatic carbocycles. The van der Waals surface area contributed by atoms with Gasteiger partial charge in [0, 0.05) is 6.92 Å². The molecule has 0 aromatic heterocycles. The fraction of sp³-hybridized carbons (Fsp3) is 0.333. The molecule has 0 aliphatic rings. The molecule has 0 unspecified atom stereocenters. The lowest BCUT2D eigenvalue weighted by Crippen LogP contribution is -2.06. The van der Waals surface area contributed by atoms with Crippen LogP contribution in [0.25, 0.3) is 0 Å². The molecule has 0 heterocycles. The van der Waals surface area contributed by atoms with Crippen LogP contribution in [0.5, 0.6) is 11.5 Å². The molecule has 17 heavy (non-hydrogen) atoms. The van der Waals surface area contributed by atoms with E-state index in [0.29, 0.717) is 11.5 Å². The summed E-state index contributed by atoms with van der Waals surface area (Å²) in [6, 6.07) is 4.89. The molecule has 0 bridgehead atoms. The molecule has 0 N–H and O–H groups in total. The van der Waals surface area contributed by atoms with Gasteiger partial charge >= 0.3 is 11.9 Å². The Bertz CT molecular complexity index is 425. The summed E-state index contributed by atoms with van der Waals surface area (Å²) in [5, 5.41) is 0. The Morgan fingerprint density at radius 3 is 2.41 bits per heavy atom. The summed E-state index contributed by atoms with van der Waals surface area (Å²) in [5.74, 6) is -0.0356. The number of hydrogen-bond donors (Lipinski definition) is 0. The predicted octanol–water partition coefficient (Wildman–Crippen LogP) is 1.34. The summed E-state index contributed by atoms with van der Waals surface area (Å²) < 4.78 is 14.6. The Morgan fingerprint density at radius 1 is 1.18 bits per heavy atom. The van der Waals surface area contributed by atoms with Crippen LogP contribution in [-0.4, -0.2) is 26.2 Å². The highest BCUT2D eigenvalue weighted by molar-refractivity contribution is 5.73. The predicted molar refractivity (Wildman–Crippen MR) is 60.0 cm³/mol. The van der Waals surface area contributed by atoms with E-state index < -0.39 is 5.97 Å². The minimum Gasteiger partial charge on any atom is -0.493 e. The second-order valence-corrected chi connectivity index (χ2v) is 3.33. The van der Waals surface area contributed by atoms with E-state index in [9.17, 15) is 9.59 Å². The Balaban J connectivity index is 2.91. The van der Waals surface area contributed by atoms with Crippen LogP contribution in [-0.2, 0) is 20.7 Å². The highest BCUT2D eigenvalue weighted by Crippen LogP contribution is 2.28. The van der Waals surface area contributed by atoms with Crippen LogP contribution in [0.15, 0.2) is 18.2 Å². The van der Waals surface area contributed by atoms with E-state index in [1.807, 2.05) is 0 Å². The first-order chi connectivity index (χ1) is 8.06. The van der Waals surface area contributed by atoms with Gasteiger partial charge in [-0.2, -0.15) is 0 Å². The Hall–Kier alpha value is -2.04. The van der Waals surface area contributed by atoms with E-state index >= 15 is 0 Å². The van der Waals surface area contributed by atoms with Gasteiger partial charge in [0.1, 0.15) is 0 Å². The normalized spacial score (nSPS) is 9.59. The van der Waals surface area contributed by atoms with Gasteiger partial charge in [0.05, 0.1) is 20.6 Å². The van der Waals surface area contributed by atoms with Crippen molar-refractivity contribution in [3.8, 4) is 11.5 Å².